The van der Waals surface area contributed by atoms with Crippen LogP contribution in [-0.2, 0) is 9.59 Å². The second-order valence-corrected chi connectivity index (χ2v) is 9.41. The lowest BCUT2D eigenvalue weighted by molar-refractivity contribution is -0.123. The molecule has 2 fully saturated rings. The van der Waals surface area contributed by atoms with Crippen molar-refractivity contribution in [3.05, 3.63) is 96.1 Å². The van der Waals surface area contributed by atoms with E-state index in [1.54, 1.807) is 0 Å². The van der Waals surface area contributed by atoms with Crippen LogP contribution in [0.25, 0.3) is 11.1 Å². The number of imide groups is 1. The van der Waals surface area contributed by atoms with Gasteiger partial charge in [-0.25, -0.2) is 0 Å². The van der Waals surface area contributed by atoms with E-state index in [9.17, 15) is 9.59 Å². The summed E-state index contributed by atoms with van der Waals surface area (Å²) in [5, 5.41) is 0. The van der Waals surface area contributed by atoms with Crippen molar-refractivity contribution in [2.75, 3.05) is 11.5 Å². The Morgan fingerprint density at radius 3 is 1.71 bits per heavy atom. The van der Waals surface area contributed by atoms with Crippen LogP contribution in [-0.4, -0.2) is 18.4 Å². The predicted octanol–water partition coefficient (Wildman–Crippen LogP) is 5.84. The normalized spacial score (nSPS) is 25.3. The second kappa shape index (κ2) is 8.28. The molecule has 4 nitrogen and oxygen atoms in total. The highest BCUT2D eigenvalue weighted by Crippen LogP contribution is 2.63. The highest BCUT2D eigenvalue weighted by atomic mass is 16.5. The minimum absolute atomic E-state index is 0.0567. The third kappa shape index (κ3) is 3.12. The van der Waals surface area contributed by atoms with E-state index in [-0.39, 0.29) is 35.5 Å². The Labute approximate surface area is 199 Å². The van der Waals surface area contributed by atoms with Crippen molar-refractivity contribution in [2.24, 2.45) is 23.7 Å². The van der Waals surface area contributed by atoms with Gasteiger partial charge < -0.3 is 4.74 Å². The number of ether oxygens (including phenoxy) is 1. The van der Waals surface area contributed by atoms with E-state index in [0.29, 0.717) is 12.3 Å². The maximum atomic E-state index is 13.7. The molecular formula is C30H27NO3. The van der Waals surface area contributed by atoms with Gasteiger partial charge in [-0.2, -0.15) is 0 Å². The summed E-state index contributed by atoms with van der Waals surface area (Å²) in [6.45, 7) is 2.70. The van der Waals surface area contributed by atoms with Crippen molar-refractivity contribution in [3.63, 3.8) is 0 Å². The van der Waals surface area contributed by atoms with E-state index in [1.807, 2.05) is 60.7 Å². The summed E-state index contributed by atoms with van der Waals surface area (Å²) < 4.78 is 5.68. The molecular weight excluding hydrogens is 422 g/mol. The van der Waals surface area contributed by atoms with Crippen LogP contribution >= 0.6 is 0 Å². The van der Waals surface area contributed by atoms with E-state index < -0.39 is 0 Å². The summed E-state index contributed by atoms with van der Waals surface area (Å²) in [5.41, 5.74) is 5.43. The fourth-order valence-electron chi connectivity index (χ4n) is 6.26. The average Bonchev–Trinajstić information content (AvgIpc) is 3.53. The van der Waals surface area contributed by atoms with E-state index in [0.717, 1.165) is 29.7 Å². The zero-order valence-electron chi connectivity index (χ0n) is 19.2. The van der Waals surface area contributed by atoms with Gasteiger partial charge in [-0.3, -0.25) is 14.5 Å². The molecule has 0 N–H and O–H groups in total. The lowest BCUT2D eigenvalue weighted by Crippen LogP contribution is -2.32. The second-order valence-electron chi connectivity index (χ2n) is 9.41. The van der Waals surface area contributed by atoms with Crippen LogP contribution in [0.15, 0.2) is 84.9 Å². The summed E-state index contributed by atoms with van der Waals surface area (Å²) in [6.07, 6.45) is 1.79. The standard InChI is InChI=1S/C30H27NO3/c1-2-17-34-22-15-13-21(14-16-22)31-29(32)27-23-18-24(28(27)30(31)33)26(20-11-7-4-8-12-20)25(23)19-9-5-3-6-10-19/h3-16,23-24,27-28H,2,17-18H2,1H3. The van der Waals surface area contributed by atoms with Crippen LogP contribution in [0.5, 0.6) is 5.75 Å². The fourth-order valence-corrected chi connectivity index (χ4v) is 6.26. The molecule has 170 valence electrons. The van der Waals surface area contributed by atoms with Crippen LogP contribution in [0.1, 0.15) is 30.9 Å². The molecule has 3 aromatic rings. The molecule has 0 aromatic heterocycles. The monoisotopic (exact) mass is 449 g/mol. The maximum absolute atomic E-state index is 13.7. The van der Waals surface area contributed by atoms with Gasteiger partial charge in [-0.15, -0.1) is 0 Å². The summed E-state index contributed by atoms with van der Waals surface area (Å²) in [4.78, 5) is 28.9. The molecule has 34 heavy (non-hydrogen) atoms. The lowest BCUT2D eigenvalue weighted by atomic mass is 9.73. The molecule has 0 spiro atoms. The SMILES string of the molecule is CCCOc1ccc(N2C(=O)C3C4CC(C(c5ccccc5)=C4c4ccccc4)C3C2=O)cc1. The average molecular weight is 450 g/mol. The van der Waals surface area contributed by atoms with Gasteiger partial charge in [0.2, 0.25) is 11.8 Å². The first-order valence-electron chi connectivity index (χ1n) is 12.1. The van der Waals surface area contributed by atoms with Crippen molar-refractivity contribution >= 4 is 28.6 Å². The van der Waals surface area contributed by atoms with Crippen LogP contribution < -0.4 is 9.64 Å². The molecule has 3 aliphatic rings. The van der Waals surface area contributed by atoms with Crippen molar-refractivity contribution in [2.45, 2.75) is 19.8 Å². The Kier molecular flexibility index (Phi) is 5.09. The molecule has 2 bridgehead atoms. The highest BCUT2D eigenvalue weighted by molar-refractivity contribution is 6.24. The number of fused-ring (bicyclic) bond motifs is 5. The smallest absolute Gasteiger partial charge is 0.238 e. The molecule has 3 aromatic carbocycles. The summed E-state index contributed by atoms with van der Waals surface area (Å²) >= 11 is 0. The summed E-state index contributed by atoms with van der Waals surface area (Å²) in [6, 6.07) is 28.1. The Bertz CT molecular complexity index is 1190. The van der Waals surface area contributed by atoms with Crippen molar-refractivity contribution < 1.29 is 14.3 Å². The van der Waals surface area contributed by atoms with E-state index >= 15 is 0 Å². The molecule has 4 unspecified atom stereocenters. The highest BCUT2D eigenvalue weighted by Gasteiger charge is 2.64. The van der Waals surface area contributed by atoms with Crippen molar-refractivity contribution in [1.29, 1.82) is 0 Å². The number of amides is 2. The zero-order valence-corrected chi connectivity index (χ0v) is 19.2. The van der Waals surface area contributed by atoms with Crippen molar-refractivity contribution in [3.8, 4) is 5.75 Å². The van der Waals surface area contributed by atoms with Crippen molar-refractivity contribution in [1.82, 2.24) is 0 Å². The molecule has 1 heterocycles. The van der Waals surface area contributed by atoms with Gasteiger partial charge in [0.15, 0.2) is 0 Å². The number of rotatable bonds is 6. The van der Waals surface area contributed by atoms with Crippen LogP contribution in [0.4, 0.5) is 5.69 Å². The van der Waals surface area contributed by atoms with E-state index in [1.165, 1.54) is 16.0 Å². The number of anilines is 1. The lowest BCUT2D eigenvalue weighted by Gasteiger charge is -2.27. The van der Waals surface area contributed by atoms with Gasteiger partial charge >= 0.3 is 0 Å². The third-order valence-electron chi connectivity index (χ3n) is 7.54. The Morgan fingerprint density at radius 2 is 1.24 bits per heavy atom. The Hall–Kier alpha value is -3.66. The first kappa shape index (κ1) is 20.9. The first-order valence-corrected chi connectivity index (χ1v) is 12.1. The Balaban J connectivity index is 1.39. The molecule has 2 aliphatic carbocycles. The number of allylic oxidation sites excluding steroid dienone is 2. The molecule has 1 aliphatic heterocycles. The first-order chi connectivity index (χ1) is 16.7. The summed E-state index contributed by atoms with van der Waals surface area (Å²) in [5.74, 6) is 0.148. The molecule has 2 amide bonds. The maximum Gasteiger partial charge on any atom is 0.238 e. The van der Waals surface area contributed by atoms with Gasteiger partial charge in [0.05, 0.1) is 24.1 Å². The molecule has 0 radical (unpaired) electrons. The molecule has 1 saturated heterocycles. The van der Waals surface area contributed by atoms with Gasteiger partial charge in [-0.1, -0.05) is 67.6 Å². The number of carbonyl (C=O) groups is 2. The van der Waals surface area contributed by atoms with Crippen LogP contribution in [0, 0.1) is 23.7 Å². The topological polar surface area (TPSA) is 46.6 Å². The van der Waals surface area contributed by atoms with E-state index in [4.69, 9.17) is 4.74 Å². The number of hydrogen-bond acceptors (Lipinski definition) is 3. The zero-order chi connectivity index (χ0) is 23.2. The molecule has 4 heteroatoms. The van der Waals surface area contributed by atoms with E-state index in [2.05, 4.69) is 31.2 Å². The molecule has 4 atom stereocenters. The third-order valence-corrected chi connectivity index (χ3v) is 7.54. The number of carbonyl (C=O) groups excluding carboxylic acids is 2. The minimum atomic E-state index is -0.295. The largest absolute Gasteiger partial charge is 0.494 e. The fraction of sp³-hybridized carbons (Fsp3) is 0.267. The quantitative estimate of drug-likeness (QED) is 0.444. The van der Waals surface area contributed by atoms with Gasteiger partial charge in [0.1, 0.15) is 5.75 Å². The Morgan fingerprint density at radius 1 is 0.735 bits per heavy atom. The molecule has 1 saturated carbocycles. The van der Waals surface area contributed by atoms with Gasteiger partial charge in [0, 0.05) is 0 Å². The number of nitrogens with zero attached hydrogens (tertiary/aromatic N) is 1. The number of hydrogen-bond donors (Lipinski definition) is 0. The summed E-state index contributed by atoms with van der Waals surface area (Å²) in [7, 11) is 0. The predicted molar refractivity (Wildman–Crippen MR) is 133 cm³/mol. The molecule has 6 rings (SSSR count). The van der Waals surface area contributed by atoms with Crippen LogP contribution in [0.2, 0.25) is 0 Å². The van der Waals surface area contributed by atoms with Gasteiger partial charge in [-0.05, 0) is 71.2 Å². The van der Waals surface area contributed by atoms with Gasteiger partial charge in [0.25, 0.3) is 0 Å². The van der Waals surface area contributed by atoms with Crippen LogP contribution in [0.3, 0.4) is 0 Å². The number of benzene rings is 3. The minimum Gasteiger partial charge on any atom is -0.494 e.